The van der Waals surface area contributed by atoms with Crippen molar-refractivity contribution in [3.8, 4) is 45.5 Å². The van der Waals surface area contributed by atoms with Crippen molar-refractivity contribution in [3.63, 3.8) is 0 Å². The smallest absolute Gasteiger partial charge is 0.238 e. The summed E-state index contributed by atoms with van der Waals surface area (Å²) in [5.41, 5.74) is 11.3. The molecule has 0 fully saturated rings. The average Bonchev–Trinajstić information content (AvgIpc) is 3.99. The van der Waals surface area contributed by atoms with Gasteiger partial charge in [-0.1, -0.05) is 133 Å². The topological polar surface area (TPSA) is 61.7 Å². The zero-order valence-electron chi connectivity index (χ0n) is 32.7. The van der Waals surface area contributed by atoms with Crippen LogP contribution in [0.25, 0.3) is 122 Å². The Bertz CT molecular complexity index is 3880. The lowest BCUT2D eigenvalue weighted by Crippen LogP contribution is -2.06. The molecule has 0 saturated heterocycles. The van der Waals surface area contributed by atoms with Crippen LogP contribution in [0.3, 0.4) is 0 Å². The molecule has 9 aromatic carbocycles. The van der Waals surface area contributed by atoms with Gasteiger partial charge in [0.25, 0.3) is 0 Å². The molecule has 4 heterocycles. The van der Waals surface area contributed by atoms with Crippen molar-refractivity contribution >= 4 is 76.3 Å². The second-order valence-corrected chi connectivity index (χ2v) is 15.6. The Balaban J connectivity index is 0.987. The summed E-state index contributed by atoms with van der Waals surface area (Å²) < 4.78 is 11.0. The highest BCUT2D eigenvalue weighted by atomic mass is 16.3. The third-order valence-electron chi connectivity index (χ3n) is 12.2. The molecule has 0 aliphatic heterocycles. The van der Waals surface area contributed by atoms with Gasteiger partial charge in [-0.2, -0.15) is 9.97 Å². The number of fused-ring (bicyclic) bond motifs is 11. The van der Waals surface area contributed by atoms with E-state index in [0.717, 1.165) is 71.7 Å². The van der Waals surface area contributed by atoms with Crippen LogP contribution in [0.4, 0.5) is 0 Å². The third kappa shape index (κ3) is 5.19. The van der Waals surface area contributed by atoms with Crippen LogP contribution in [0.15, 0.2) is 205 Å². The minimum Gasteiger partial charge on any atom is -0.456 e. The summed E-state index contributed by atoms with van der Waals surface area (Å²) in [6, 6.07) is 70.4. The Hall–Kier alpha value is -8.35. The van der Waals surface area contributed by atoms with E-state index >= 15 is 0 Å². The van der Waals surface area contributed by atoms with Crippen LogP contribution in [0.5, 0.6) is 0 Å². The fraction of sp³-hybridized carbons (Fsp3) is 0. The van der Waals surface area contributed by atoms with Gasteiger partial charge in [-0.15, -0.1) is 0 Å². The van der Waals surface area contributed by atoms with Gasteiger partial charge < -0.3 is 8.98 Å². The van der Waals surface area contributed by atoms with E-state index in [-0.39, 0.29) is 0 Å². The van der Waals surface area contributed by atoms with Crippen molar-refractivity contribution in [2.45, 2.75) is 0 Å². The van der Waals surface area contributed by atoms with E-state index in [0.29, 0.717) is 17.6 Å². The Morgan fingerprint density at radius 2 is 0.885 bits per heavy atom. The Labute approximate surface area is 349 Å². The third-order valence-corrected chi connectivity index (χ3v) is 12.2. The second-order valence-electron chi connectivity index (χ2n) is 15.6. The molecule has 6 heteroatoms. The lowest BCUT2D eigenvalue weighted by Gasteiger charge is -2.11. The molecule has 0 radical (unpaired) electrons. The predicted octanol–water partition coefficient (Wildman–Crippen LogP) is 14.1. The first-order valence-electron chi connectivity index (χ1n) is 20.5. The summed E-state index contributed by atoms with van der Waals surface area (Å²) in [5.74, 6) is 1.72. The molecule has 0 N–H and O–H groups in total. The molecule has 0 amide bonds. The number of benzene rings is 9. The molecule has 13 rings (SSSR count). The highest BCUT2D eigenvalue weighted by Crippen LogP contribution is 2.40. The normalized spacial score (nSPS) is 11.9. The molecule has 0 spiro atoms. The van der Waals surface area contributed by atoms with Gasteiger partial charge in [0.15, 0.2) is 11.6 Å². The van der Waals surface area contributed by atoms with E-state index in [1.165, 1.54) is 32.6 Å². The minimum absolute atomic E-state index is 0.550. The summed E-state index contributed by atoms with van der Waals surface area (Å²) in [5, 5.41) is 9.23. The molecule has 6 nitrogen and oxygen atoms in total. The number of rotatable bonds is 5. The van der Waals surface area contributed by atoms with Crippen LogP contribution in [0.1, 0.15) is 0 Å². The zero-order chi connectivity index (χ0) is 40.0. The molecular weight excluding hydrogens is 747 g/mol. The van der Waals surface area contributed by atoms with Crippen molar-refractivity contribution in [3.05, 3.63) is 200 Å². The van der Waals surface area contributed by atoms with Gasteiger partial charge in [-0.25, -0.2) is 4.98 Å². The molecule has 284 valence electrons. The zero-order valence-corrected chi connectivity index (χ0v) is 32.7. The van der Waals surface area contributed by atoms with Gasteiger partial charge >= 0.3 is 0 Å². The molecule has 13 aromatic rings. The summed E-state index contributed by atoms with van der Waals surface area (Å²) >= 11 is 0. The number of aromatic nitrogens is 5. The van der Waals surface area contributed by atoms with Crippen molar-refractivity contribution in [2.24, 2.45) is 0 Å². The van der Waals surface area contributed by atoms with Gasteiger partial charge in [0, 0.05) is 49.1 Å². The van der Waals surface area contributed by atoms with Crippen LogP contribution in [-0.4, -0.2) is 24.1 Å². The SMILES string of the molecule is c1ccc(-c2nc(-c3ccc4c(c3)oc3ccc5ccccc5c34)nc(-n3c4ccccc4c4cc(-c5ccc6c(c5)c5ccccc5n6-c5ccccc5)ccc43)n2)cc1. The predicted molar refractivity (Wildman–Crippen MR) is 250 cm³/mol. The number of hydrogen-bond acceptors (Lipinski definition) is 4. The lowest BCUT2D eigenvalue weighted by atomic mass is 10.0. The van der Waals surface area contributed by atoms with E-state index < -0.39 is 0 Å². The standard InChI is InChI=1S/C55H33N5O/c1-3-14-35(15-4-1)53-56-54(38-23-27-43-51(33-38)61-50-30-26-34-13-7-8-18-40(34)52(43)50)58-55(57-53)60-47-22-12-10-20-42(47)45-32-37(25-29-49(45)60)36-24-28-48-44(31-36)41-19-9-11-21-46(41)59(48)39-16-5-2-6-17-39/h1-33H. The van der Waals surface area contributed by atoms with Crippen LogP contribution < -0.4 is 0 Å². The number of furan rings is 1. The van der Waals surface area contributed by atoms with E-state index in [2.05, 4.69) is 179 Å². The lowest BCUT2D eigenvalue weighted by molar-refractivity contribution is 0.669. The molecule has 0 unspecified atom stereocenters. The molecule has 0 aliphatic rings. The van der Waals surface area contributed by atoms with Crippen molar-refractivity contribution in [1.82, 2.24) is 24.1 Å². The van der Waals surface area contributed by atoms with Crippen LogP contribution in [-0.2, 0) is 0 Å². The molecule has 0 saturated carbocycles. The van der Waals surface area contributed by atoms with Gasteiger partial charge in [0.1, 0.15) is 11.2 Å². The van der Waals surface area contributed by atoms with Gasteiger partial charge in [0.05, 0.1) is 22.1 Å². The Kier molecular flexibility index (Phi) is 7.21. The maximum Gasteiger partial charge on any atom is 0.238 e. The first-order valence-corrected chi connectivity index (χ1v) is 20.5. The fourth-order valence-electron chi connectivity index (χ4n) is 9.37. The molecular formula is C55H33N5O. The molecule has 0 aliphatic carbocycles. The summed E-state index contributed by atoms with van der Waals surface area (Å²) in [6.07, 6.45) is 0. The number of para-hydroxylation sites is 3. The number of nitrogens with zero attached hydrogens (tertiary/aromatic N) is 5. The van der Waals surface area contributed by atoms with Crippen LogP contribution in [0, 0.1) is 0 Å². The monoisotopic (exact) mass is 779 g/mol. The van der Waals surface area contributed by atoms with Crippen LogP contribution >= 0.6 is 0 Å². The van der Waals surface area contributed by atoms with E-state index in [4.69, 9.17) is 19.4 Å². The summed E-state index contributed by atoms with van der Waals surface area (Å²) in [4.78, 5) is 15.5. The van der Waals surface area contributed by atoms with Gasteiger partial charge in [-0.3, -0.25) is 4.57 Å². The van der Waals surface area contributed by atoms with Crippen LogP contribution in [0.2, 0.25) is 0 Å². The first-order chi connectivity index (χ1) is 30.2. The summed E-state index contributed by atoms with van der Waals surface area (Å²) in [7, 11) is 0. The molecule has 61 heavy (non-hydrogen) atoms. The first kappa shape index (κ1) is 33.6. The summed E-state index contributed by atoms with van der Waals surface area (Å²) in [6.45, 7) is 0. The van der Waals surface area contributed by atoms with E-state index in [1.807, 2.05) is 30.3 Å². The quantitative estimate of drug-likeness (QED) is 0.175. The van der Waals surface area contributed by atoms with Gasteiger partial charge in [-0.05, 0) is 88.6 Å². The van der Waals surface area contributed by atoms with E-state index in [9.17, 15) is 0 Å². The van der Waals surface area contributed by atoms with Crippen molar-refractivity contribution in [1.29, 1.82) is 0 Å². The fourth-order valence-corrected chi connectivity index (χ4v) is 9.37. The maximum absolute atomic E-state index is 6.49. The molecule has 4 aromatic heterocycles. The minimum atomic E-state index is 0.550. The average molecular weight is 780 g/mol. The molecule has 0 atom stereocenters. The highest BCUT2D eigenvalue weighted by Gasteiger charge is 2.20. The van der Waals surface area contributed by atoms with Crippen molar-refractivity contribution in [2.75, 3.05) is 0 Å². The Morgan fingerprint density at radius 3 is 1.61 bits per heavy atom. The second kappa shape index (κ2) is 13.1. The molecule has 0 bridgehead atoms. The highest BCUT2D eigenvalue weighted by molar-refractivity contribution is 6.19. The maximum atomic E-state index is 6.49. The van der Waals surface area contributed by atoms with E-state index in [1.54, 1.807) is 0 Å². The number of hydrogen-bond donors (Lipinski definition) is 0. The van der Waals surface area contributed by atoms with Crippen molar-refractivity contribution < 1.29 is 4.42 Å². The van der Waals surface area contributed by atoms with Gasteiger partial charge in [0.2, 0.25) is 5.95 Å². The largest absolute Gasteiger partial charge is 0.456 e. The Morgan fingerprint density at radius 1 is 0.328 bits per heavy atom.